The monoisotopic (exact) mass is 200 g/mol. The lowest BCUT2D eigenvalue weighted by molar-refractivity contribution is -0.139. The Hall–Kier alpha value is -0.830. The van der Waals surface area contributed by atoms with Crippen LogP contribution in [-0.4, -0.2) is 23.8 Å². The quantitative estimate of drug-likeness (QED) is 0.557. The number of aliphatic hydroxyl groups excluding tert-OH is 1. The van der Waals surface area contributed by atoms with E-state index >= 15 is 0 Å². The summed E-state index contributed by atoms with van der Waals surface area (Å²) in [5.74, 6) is -0.421. The average molecular weight is 200 g/mol. The highest BCUT2D eigenvalue weighted by Gasteiger charge is 2.24. The Morgan fingerprint density at radius 2 is 2.00 bits per heavy atom. The highest BCUT2D eigenvalue weighted by Crippen LogP contribution is 2.24. The molecule has 0 saturated heterocycles. The molecule has 14 heavy (non-hydrogen) atoms. The zero-order chi connectivity index (χ0) is 11.4. The minimum Gasteiger partial charge on any atom is -0.463 e. The molecule has 0 aromatic heterocycles. The van der Waals surface area contributed by atoms with Crippen LogP contribution in [0.1, 0.15) is 34.1 Å². The summed E-state index contributed by atoms with van der Waals surface area (Å²) in [6, 6.07) is 0. The van der Waals surface area contributed by atoms with E-state index in [4.69, 9.17) is 4.74 Å². The van der Waals surface area contributed by atoms with Crippen molar-refractivity contribution in [3.05, 3.63) is 12.2 Å². The van der Waals surface area contributed by atoms with Gasteiger partial charge in [-0.2, -0.15) is 0 Å². The number of ether oxygens (including phenoxy) is 1. The number of aliphatic hydroxyl groups is 1. The molecule has 0 aromatic carbocycles. The molecule has 82 valence electrons. The molecule has 0 radical (unpaired) electrons. The molecule has 0 aromatic rings. The van der Waals surface area contributed by atoms with Crippen LogP contribution in [0, 0.1) is 5.41 Å². The Morgan fingerprint density at radius 1 is 1.50 bits per heavy atom. The topological polar surface area (TPSA) is 46.5 Å². The second-order valence-electron chi connectivity index (χ2n) is 4.41. The smallest absolute Gasteiger partial charge is 0.333 e. The molecule has 0 saturated carbocycles. The first-order valence-corrected chi connectivity index (χ1v) is 4.82. The summed E-state index contributed by atoms with van der Waals surface area (Å²) in [5, 5.41) is 9.70. The number of carbonyl (C=O) groups excluding carboxylic acids is 1. The molecule has 0 fully saturated rings. The summed E-state index contributed by atoms with van der Waals surface area (Å²) in [5.41, 5.74) is 0.0874. The third kappa shape index (κ3) is 4.42. The fraction of sp³-hybridized carbons (Fsp3) is 0.727. The van der Waals surface area contributed by atoms with Gasteiger partial charge >= 0.3 is 5.97 Å². The van der Waals surface area contributed by atoms with Crippen LogP contribution >= 0.6 is 0 Å². The molecule has 0 aliphatic rings. The van der Waals surface area contributed by atoms with E-state index in [1.165, 1.54) is 0 Å². The maximum Gasteiger partial charge on any atom is 0.333 e. The molecule has 3 heteroatoms. The summed E-state index contributed by atoms with van der Waals surface area (Å²) in [7, 11) is 0. The highest BCUT2D eigenvalue weighted by atomic mass is 16.5. The number of carbonyl (C=O) groups is 1. The van der Waals surface area contributed by atoms with Crippen molar-refractivity contribution in [2.24, 2.45) is 5.41 Å². The van der Waals surface area contributed by atoms with E-state index in [0.717, 1.165) is 0 Å². The van der Waals surface area contributed by atoms with Gasteiger partial charge in [0.05, 0.1) is 12.7 Å². The van der Waals surface area contributed by atoms with Crippen molar-refractivity contribution in [2.45, 2.75) is 40.2 Å². The van der Waals surface area contributed by atoms with E-state index in [1.54, 1.807) is 6.92 Å². The van der Waals surface area contributed by atoms with Crippen LogP contribution in [0.2, 0.25) is 0 Å². The fourth-order valence-electron chi connectivity index (χ4n) is 0.856. The lowest BCUT2D eigenvalue weighted by atomic mass is 9.85. The third-order valence-corrected chi connectivity index (χ3v) is 2.00. The van der Waals surface area contributed by atoms with Crippen molar-refractivity contribution < 1.29 is 14.6 Å². The molecule has 3 nitrogen and oxygen atoms in total. The zero-order valence-corrected chi connectivity index (χ0v) is 9.46. The van der Waals surface area contributed by atoms with Crippen LogP contribution in [0.25, 0.3) is 0 Å². The third-order valence-electron chi connectivity index (χ3n) is 2.00. The number of esters is 1. The van der Waals surface area contributed by atoms with E-state index in [2.05, 4.69) is 6.58 Å². The molecule has 1 N–H and O–H groups in total. The zero-order valence-electron chi connectivity index (χ0n) is 9.46. The van der Waals surface area contributed by atoms with Crippen molar-refractivity contribution in [3.8, 4) is 0 Å². The van der Waals surface area contributed by atoms with Gasteiger partial charge in [0.15, 0.2) is 0 Å². The minimum atomic E-state index is -0.570. The number of hydrogen-bond acceptors (Lipinski definition) is 3. The normalized spacial score (nSPS) is 13.5. The van der Waals surface area contributed by atoms with E-state index in [1.807, 2.05) is 20.8 Å². The fourth-order valence-corrected chi connectivity index (χ4v) is 0.856. The van der Waals surface area contributed by atoms with Crippen LogP contribution in [0.4, 0.5) is 0 Å². The molecule has 0 heterocycles. The van der Waals surface area contributed by atoms with E-state index in [0.29, 0.717) is 12.2 Å². The molecule has 0 amide bonds. The molecular weight excluding hydrogens is 180 g/mol. The van der Waals surface area contributed by atoms with E-state index in [9.17, 15) is 9.90 Å². The maximum atomic E-state index is 11.2. The van der Waals surface area contributed by atoms with Gasteiger partial charge in [-0.05, 0) is 12.3 Å². The van der Waals surface area contributed by atoms with Gasteiger partial charge in [-0.15, -0.1) is 0 Å². The number of rotatable bonds is 4. The van der Waals surface area contributed by atoms with E-state index < -0.39 is 12.1 Å². The summed E-state index contributed by atoms with van der Waals surface area (Å²) in [6.07, 6.45) is -0.304. The van der Waals surface area contributed by atoms with Gasteiger partial charge in [-0.25, -0.2) is 4.79 Å². The lowest BCUT2D eigenvalue weighted by Crippen LogP contribution is -2.27. The SMILES string of the molecule is C=C(CC(O)C(C)(C)C)C(=O)OCC. The van der Waals surface area contributed by atoms with Crippen LogP contribution in [0.5, 0.6) is 0 Å². The Labute approximate surface area is 85.8 Å². The standard InChI is InChI=1S/C11H20O3/c1-6-14-10(13)8(2)7-9(12)11(3,4)5/h9,12H,2,6-7H2,1,3-5H3. The van der Waals surface area contributed by atoms with Crippen molar-refractivity contribution in [3.63, 3.8) is 0 Å². The number of hydrogen-bond donors (Lipinski definition) is 1. The van der Waals surface area contributed by atoms with Gasteiger partial charge in [0.1, 0.15) is 0 Å². The van der Waals surface area contributed by atoms with Crippen molar-refractivity contribution in [1.82, 2.24) is 0 Å². The minimum absolute atomic E-state index is 0.241. The molecule has 0 bridgehead atoms. The molecule has 0 aliphatic carbocycles. The van der Waals surface area contributed by atoms with Crippen molar-refractivity contribution >= 4 is 5.97 Å². The first-order valence-electron chi connectivity index (χ1n) is 4.82. The van der Waals surface area contributed by atoms with Crippen molar-refractivity contribution in [1.29, 1.82) is 0 Å². The first-order chi connectivity index (χ1) is 6.29. The van der Waals surface area contributed by atoms with Gasteiger partial charge in [-0.1, -0.05) is 27.4 Å². The second-order valence-corrected chi connectivity index (χ2v) is 4.41. The predicted molar refractivity (Wildman–Crippen MR) is 55.9 cm³/mol. The van der Waals surface area contributed by atoms with Gasteiger partial charge in [0.25, 0.3) is 0 Å². The van der Waals surface area contributed by atoms with E-state index in [-0.39, 0.29) is 11.8 Å². The van der Waals surface area contributed by atoms with Gasteiger partial charge in [-0.3, -0.25) is 0 Å². The Bertz CT molecular complexity index is 213. The molecular formula is C11H20O3. The first kappa shape index (κ1) is 13.2. The Kier molecular flexibility index (Phi) is 4.85. The summed E-state index contributed by atoms with van der Waals surface area (Å²) < 4.78 is 4.77. The van der Waals surface area contributed by atoms with Crippen molar-refractivity contribution in [2.75, 3.05) is 6.61 Å². The highest BCUT2D eigenvalue weighted by molar-refractivity contribution is 5.87. The van der Waals surface area contributed by atoms with Crippen LogP contribution in [0.3, 0.4) is 0 Å². The largest absolute Gasteiger partial charge is 0.463 e. The Balaban J connectivity index is 4.13. The van der Waals surface area contributed by atoms with Crippen LogP contribution in [-0.2, 0) is 9.53 Å². The molecule has 0 rings (SSSR count). The van der Waals surface area contributed by atoms with Gasteiger partial charge < -0.3 is 9.84 Å². The van der Waals surface area contributed by atoms with Crippen LogP contribution < -0.4 is 0 Å². The molecule has 1 unspecified atom stereocenters. The Morgan fingerprint density at radius 3 is 2.36 bits per heavy atom. The average Bonchev–Trinajstić information content (AvgIpc) is 2.02. The van der Waals surface area contributed by atoms with Gasteiger partial charge in [0, 0.05) is 12.0 Å². The maximum absolute atomic E-state index is 11.2. The molecule has 0 aliphatic heterocycles. The molecule has 0 spiro atoms. The molecule has 1 atom stereocenters. The summed E-state index contributed by atoms with van der Waals surface area (Å²) >= 11 is 0. The summed E-state index contributed by atoms with van der Waals surface area (Å²) in [6.45, 7) is 11.4. The lowest BCUT2D eigenvalue weighted by Gasteiger charge is -2.25. The van der Waals surface area contributed by atoms with Crippen LogP contribution in [0.15, 0.2) is 12.2 Å². The summed E-state index contributed by atoms with van der Waals surface area (Å²) in [4.78, 5) is 11.2. The second kappa shape index (κ2) is 5.15. The van der Waals surface area contributed by atoms with Gasteiger partial charge in [0.2, 0.25) is 0 Å². The predicted octanol–water partition coefficient (Wildman–Crippen LogP) is 1.90.